The average Bonchev–Trinajstić information content (AvgIpc) is 3.26. The van der Waals surface area contributed by atoms with Crippen molar-refractivity contribution in [3.05, 3.63) is 59.2 Å². The van der Waals surface area contributed by atoms with Gasteiger partial charge in [-0.2, -0.15) is 4.72 Å². The van der Waals surface area contributed by atoms with Crippen molar-refractivity contribution in [1.29, 1.82) is 0 Å². The Hall–Kier alpha value is -1.67. The van der Waals surface area contributed by atoms with Gasteiger partial charge in [0.1, 0.15) is 0 Å². The summed E-state index contributed by atoms with van der Waals surface area (Å²) >= 11 is 0. The third-order valence-corrected chi connectivity index (χ3v) is 9.39. The molecule has 2 aromatic carbocycles. The van der Waals surface area contributed by atoms with E-state index < -0.39 is 15.6 Å². The number of rotatable bonds is 1. The average molecular weight is 423 g/mol. The summed E-state index contributed by atoms with van der Waals surface area (Å²) in [6.07, 6.45) is 4.01. The summed E-state index contributed by atoms with van der Waals surface area (Å²) in [7, 11) is -3.79. The molecule has 4 aliphatic rings. The van der Waals surface area contributed by atoms with Crippen LogP contribution >= 0.6 is 0 Å². The highest BCUT2D eigenvalue weighted by atomic mass is 32.2. The standard InChI is InChI=1S/C23H26BNO4S/c1-14-15(2)29-24(28-14)20-10-7-16-11-18-8-9-19(12-17(16)13-20)23(18)21-5-3-4-6-22(21)30(26,27)25-23/h3-7,10,13-15,18-19,25H,8-9,11-12H2,1-2H3/t14?,15?,18-,19+,23-/m1/s1. The number of hydrogen-bond acceptors (Lipinski definition) is 4. The fourth-order valence-electron chi connectivity index (χ4n) is 6.21. The van der Waals surface area contributed by atoms with E-state index in [0.29, 0.717) is 4.90 Å². The molecule has 2 aliphatic carbocycles. The number of fused-ring (bicyclic) bond motifs is 2. The maximum absolute atomic E-state index is 13.0. The first-order valence-electron chi connectivity index (χ1n) is 10.9. The predicted octanol–water partition coefficient (Wildman–Crippen LogP) is 2.52. The van der Waals surface area contributed by atoms with Gasteiger partial charge in [-0.05, 0) is 79.6 Å². The molecule has 0 aromatic heterocycles. The van der Waals surface area contributed by atoms with Crippen molar-refractivity contribution in [2.45, 2.75) is 62.2 Å². The summed E-state index contributed by atoms with van der Waals surface area (Å²) in [5, 5.41) is 0. The highest BCUT2D eigenvalue weighted by molar-refractivity contribution is 7.89. The molecule has 5 nitrogen and oxygen atoms in total. The van der Waals surface area contributed by atoms with E-state index in [-0.39, 0.29) is 31.2 Å². The van der Waals surface area contributed by atoms with Crippen LogP contribution in [0.2, 0.25) is 0 Å². The van der Waals surface area contributed by atoms with Crippen LogP contribution < -0.4 is 10.2 Å². The van der Waals surface area contributed by atoms with Crippen LogP contribution in [0.15, 0.2) is 47.4 Å². The number of benzene rings is 2. The van der Waals surface area contributed by atoms with Crippen LogP contribution in [0.3, 0.4) is 0 Å². The summed E-state index contributed by atoms with van der Waals surface area (Å²) < 4.78 is 41.1. The lowest BCUT2D eigenvalue weighted by Gasteiger charge is -2.35. The van der Waals surface area contributed by atoms with Crippen molar-refractivity contribution < 1.29 is 17.7 Å². The van der Waals surface area contributed by atoms with E-state index in [1.54, 1.807) is 6.07 Å². The first-order chi connectivity index (χ1) is 14.4. The zero-order valence-electron chi connectivity index (χ0n) is 17.3. The molecule has 1 saturated carbocycles. The first-order valence-corrected chi connectivity index (χ1v) is 12.4. The van der Waals surface area contributed by atoms with Crippen molar-refractivity contribution in [2.24, 2.45) is 11.8 Å². The Morgan fingerprint density at radius 1 is 0.967 bits per heavy atom. The molecule has 0 radical (unpaired) electrons. The van der Waals surface area contributed by atoms with Crippen LogP contribution in [-0.4, -0.2) is 27.7 Å². The van der Waals surface area contributed by atoms with Crippen molar-refractivity contribution in [3.8, 4) is 0 Å². The Morgan fingerprint density at radius 3 is 2.37 bits per heavy atom. The molecular formula is C23H26BNO4S. The maximum Gasteiger partial charge on any atom is 0.494 e. The summed E-state index contributed by atoms with van der Waals surface area (Å²) in [6, 6.07) is 14.1. The lowest BCUT2D eigenvalue weighted by atomic mass is 9.74. The Labute approximate surface area is 178 Å². The second kappa shape index (κ2) is 6.42. The van der Waals surface area contributed by atoms with E-state index in [1.807, 2.05) is 32.0 Å². The molecular weight excluding hydrogens is 397 g/mol. The van der Waals surface area contributed by atoms with Crippen LogP contribution in [-0.2, 0) is 37.7 Å². The minimum absolute atomic E-state index is 0.0810. The highest BCUT2D eigenvalue weighted by Crippen LogP contribution is 2.56. The molecule has 2 heterocycles. The van der Waals surface area contributed by atoms with Gasteiger partial charge >= 0.3 is 7.12 Å². The molecule has 2 fully saturated rings. The SMILES string of the molecule is CC1OB(c2ccc3c(c2)C[C@@H]2CC[C@H](C3)[C@@]23NS(=O)(=O)c2ccccc23)OC1C. The van der Waals surface area contributed by atoms with Gasteiger partial charge in [0.05, 0.1) is 22.6 Å². The second-order valence-corrected chi connectivity index (χ2v) is 11.0. The molecule has 1 spiro atoms. The normalized spacial score (nSPS) is 36.0. The molecule has 1 N–H and O–H groups in total. The lowest BCUT2D eigenvalue weighted by molar-refractivity contribution is 0.187. The van der Waals surface area contributed by atoms with Crippen molar-refractivity contribution in [2.75, 3.05) is 0 Å². The smallest absolute Gasteiger partial charge is 0.402 e. The summed E-state index contributed by atoms with van der Waals surface area (Å²) in [5.74, 6) is 0.521. The van der Waals surface area contributed by atoms with E-state index >= 15 is 0 Å². The van der Waals surface area contributed by atoms with Gasteiger partial charge in [0, 0.05) is 0 Å². The minimum Gasteiger partial charge on any atom is -0.402 e. The summed E-state index contributed by atoms with van der Waals surface area (Å²) in [6.45, 7) is 4.08. The van der Waals surface area contributed by atoms with Crippen LogP contribution in [0.1, 0.15) is 43.4 Å². The van der Waals surface area contributed by atoms with Crippen LogP contribution in [0.5, 0.6) is 0 Å². The molecule has 5 atom stereocenters. The lowest BCUT2D eigenvalue weighted by Crippen LogP contribution is -2.47. The van der Waals surface area contributed by atoms with Gasteiger partial charge in [0.15, 0.2) is 0 Å². The molecule has 2 aromatic rings. The predicted molar refractivity (Wildman–Crippen MR) is 115 cm³/mol. The third kappa shape index (κ3) is 2.56. The molecule has 30 heavy (non-hydrogen) atoms. The van der Waals surface area contributed by atoms with E-state index in [1.165, 1.54) is 11.1 Å². The van der Waals surface area contributed by atoms with Crippen molar-refractivity contribution in [1.82, 2.24) is 4.72 Å². The maximum atomic E-state index is 13.0. The van der Waals surface area contributed by atoms with E-state index in [4.69, 9.17) is 9.31 Å². The Balaban J connectivity index is 1.41. The third-order valence-electron chi connectivity index (χ3n) is 7.85. The molecule has 1 saturated heterocycles. The Morgan fingerprint density at radius 2 is 1.63 bits per heavy atom. The largest absolute Gasteiger partial charge is 0.494 e. The zero-order valence-corrected chi connectivity index (χ0v) is 18.1. The fraction of sp³-hybridized carbons (Fsp3) is 0.478. The van der Waals surface area contributed by atoms with Gasteiger partial charge in [0.2, 0.25) is 10.0 Å². The van der Waals surface area contributed by atoms with E-state index in [2.05, 4.69) is 22.9 Å². The highest BCUT2D eigenvalue weighted by Gasteiger charge is 2.59. The molecule has 156 valence electrons. The Kier molecular flexibility index (Phi) is 4.08. The minimum atomic E-state index is -3.47. The van der Waals surface area contributed by atoms with Gasteiger partial charge in [-0.3, -0.25) is 0 Å². The monoisotopic (exact) mass is 423 g/mol. The van der Waals surface area contributed by atoms with Crippen molar-refractivity contribution in [3.63, 3.8) is 0 Å². The molecule has 6 rings (SSSR count). The quantitative estimate of drug-likeness (QED) is 0.717. The van der Waals surface area contributed by atoms with Crippen LogP contribution in [0.4, 0.5) is 0 Å². The van der Waals surface area contributed by atoms with Crippen LogP contribution in [0.25, 0.3) is 0 Å². The fourth-order valence-corrected chi connectivity index (χ4v) is 7.99. The number of sulfonamides is 1. The number of hydrogen-bond donors (Lipinski definition) is 1. The number of nitrogens with one attached hydrogen (secondary N) is 1. The van der Waals surface area contributed by atoms with Gasteiger partial charge in [-0.1, -0.05) is 36.4 Å². The summed E-state index contributed by atoms with van der Waals surface area (Å²) in [4.78, 5) is 0.462. The van der Waals surface area contributed by atoms with Crippen LogP contribution in [0, 0.1) is 11.8 Å². The van der Waals surface area contributed by atoms with Gasteiger partial charge in [0.25, 0.3) is 0 Å². The molecule has 2 aliphatic heterocycles. The molecule has 2 bridgehead atoms. The topological polar surface area (TPSA) is 64.6 Å². The first kappa shape index (κ1) is 19.1. The zero-order chi connectivity index (χ0) is 20.7. The van der Waals surface area contributed by atoms with E-state index in [9.17, 15) is 8.42 Å². The van der Waals surface area contributed by atoms with E-state index in [0.717, 1.165) is 36.7 Å². The summed E-state index contributed by atoms with van der Waals surface area (Å²) in [5.41, 5.74) is 4.17. The van der Waals surface area contributed by atoms with Gasteiger partial charge in [-0.25, -0.2) is 8.42 Å². The van der Waals surface area contributed by atoms with Gasteiger partial charge < -0.3 is 9.31 Å². The second-order valence-electron chi connectivity index (χ2n) is 9.39. The molecule has 7 heteroatoms. The van der Waals surface area contributed by atoms with Gasteiger partial charge in [-0.15, -0.1) is 0 Å². The van der Waals surface area contributed by atoms with Crippen molar-refractivity contribution >= 4 is 22.6 Å². The Bertz CT molecular complexity index is 1130. The molecule has 2 unspecified atom stereocenters. The molecule has 0 amide bonds.